The topological polar surface area (TPSA) is 86.3 Å². The van der Waals surface area contributed by atoms with Crippen LogP contribution in [0.2, 0.25) is 0 Å². The van der Waals surface area contributed by atoms with Crippen LogP contribution in [0.15, 0.2) is 65.6 Å². The molecule has 35 heavy (non-hydrogen) atoms. The molecule has 0 bridgehead atoms. The van der Waals surface area contributed by atoms with Crippen molar-refractivity contribution in [2.75, 3.05) is 36.8 Å². The van der Waals surface area contributed by atoms with Gasteiger partial charge in [0, 0.05) is 28.3 Å². The molecule has 8 nitrogen and oxygen atoms in total. The number of amides is 2. The van der Waals surface area contributed by atoms with E-state index in [2.05, 4.69) is 5.32 Å². The molecule has 178 valence electrons. The maximum absolute atomic E-state index is 13.4. The standard InChI is InChI=1S/C26H22N2O6S/c29-25(27-17-6-8-19-22(12-17)32-10-9-31-19)14-28-18-3-1-2-4-23(18)35-24(13-26(28)30)16-5-7-20-21(11-16)34-15-33-20/h1-8,11-12,24H,9-10,13-15H2,(H,27,29). The number of benzene rings is 3. The first-order chi connectivity index (χ1) is 17.1. The van der Waals surface area contributed by atoms with E-state index in [0.717, 1.165) is 16.1 Å². The average Bonchev–Trinajstić information content (AvgIpc) is 3.30. The molecule has 0 aromatic heterocycles. The first-order valence-corrected chi connectivity index (χ1v) is 12.2. The summed E-state index contributed by atoms with van der Waals surface area (Å²) >= 11 is 1.61. The van der Waals surface area contributed by atoms with Crippen molar-refractivity contribution in [3.8, 4) is 23.0 Å². The van der Waals surface area contributed by atoms with Crippen LogP contribution in [0.4, 0.5) is 11.4 Å². The molecule has 1 atom stereocenters. The maximum atomic E-state index is 13.4. The molecule has 0 fully saturated rings. The Balaban J connectivity index is 1.22. The average molecular weight is 491 g/mol. The molecule has 3 aliphatic heterocycles. The fourth-order valence-electron chi connectivity index (χ4n) is 4.32. The zero-order chi connectivity index (χ0) is 23.8. The van der Waals surface area contributed by atoms with Crippen molar-refractivity contribution in [1.82, 2.24) is 0 Å². The number of anilines is 2. The number of rotatable bonds is 4. The van der Waals surface area contributed by atoms with E-state index in [9.17, 15) is 9.59 Å². The van der Waals surface area contributed by atoms with Gasteiger partial charge in [0.05, 0.1) is 5.69 Å². The number of nitrogens with zero attached hydrogens (tertiary/aromatic N) is 1. The van der Waals surface area contributed by atoms with Crippen LogP contribution in [0.3, 0.4) is 0 Å². The van der Waals surface area contributed by atoms with Crippen molar-refractivity contribution >= 4 is 35.0 Å². The molecule has 0 saturated carbocycles. The normalized spacial score (nSPS) is 18.0. The third-order valence-electron chi connectivity index (χ3n) is 5.98. The van der Waals surface area contributed by atoms with E-state index in [0.29, 0.717) is 41.9 Å². The summed E-state index contributed by atoms with van der Waals surface area (Å²) in [4.78, 5) is 28.9. The Hall–Kier alpha value is -3.85. The van der Waals surface area contributed by atoms with Crippen molar-refractivity contribution in [2.24, 2.45) is 0 Å². The van der Waals surface area contributed by atoms with Crippen LogP contribution < -0.4 is 29.2 Å². The zero-order valence-corrected chi connectivity index (χ0v) is 19.5. The molecule has 0 saturated heterocycles. The highest BCUT2D eigenvalue weighted by atomic mass is 32.2. The Kier molecular flexibility index (Phi) is 5.61. The van der Waals surface area contributed by atoms with Gasteiger partial charge in [-0.2, -0.15) is 0 Å². The van der Waals surface area contributed by atoms with Crippen molar-refractivity contribution in [1.29, 1.82) is 0 Å². The monoisotopic (exact) mass is 490 g/mol. The molecule has 1 N–H and O–H groups in total. The number of hydrogen-bond donors (Lipinski definition) is 1. The van der Waals surface area contributed by atoms with Crippen LogP contribution in [0.5, 0.6) is 23.0 Å². The second kappa shape index (κ2) is 9.07. The first kappa shape index (κ1) is 21.7. The van der Waals surface area contributed by atoms with E-state index in [1.54, 1.807) is 34.9 Å². The van der Waals surface area contributed by atoms with Gasteiger partial charge in [0.25, 0.3) is 0 Å². The third kappa shape index (κ3) is 4.35. The summed E-state index contributed by atoms with van der Waals surface area (Å²) in [6, 6.07) is 18.7. The Morgan fingerprint density at radius 2 is 1.66 bits per heavy atom. The molecule has 3 heterocycles. The highest BCUT2D eigenvalue weighted by molar-refractivity contribution is 7.99. The van der Waals surface area contributed by atoms with Crippen LogP contribution in [0, 0.1) is 0 Å². The van der Waals surface area contributed by atoms with E-state index in [1.807, 2.05) is 42.5 Å². The summed E-state index contributed by atoms with van der Waals surface area (Å²) in [5.41, 5.74) is 2.29. The molecule has 0 radical (unpaired) electrons. The summed E-state index contributed by atoms with van der Waals surface area (Å²) in [6.07, 6.45) is 0.246. The first-order valence-electron chi connectivity index (χ1n) is 11.3. The second-order valence-corrected chi connectivity index (χ2v) is 9.52. The van der Waals surface area contributed by atoms with Crippen LogP contribution in [0.25, 0.3) is 0 Å². The summed E-state index contributed by atoms with van der Waals surface area (Å²) in [6.45, 7) is 1.06. The van der Waals surface area contributed by atoms with Gasteiger partial charge in [-0.15, -0.1) is 11.8 Å². The van der Waals surface area contributed by atoms with Gasteiger partial charge >= 0.3 is 0 Å². The molecule has 3 aliphatic rings. The molecule has 9 heteroatoms. The molecule has 0 spiro atoms. The van der Waals surface area contributed by atoms with Crippen molar-refractivity contribution in [3.63, 3.8) is 0 Å². The summed E-state index contributed by atoms with van der Waals surface area (Å²) in [5.74, 6) is 2.21. The molecule has 2 amide bonds. The maximum Gasteiger partial charge on any atom is 0.244 e. The van der Waals surface area contributed by atoms with Gasteiger partial charge in [0.2, 0.25) is 18.6 Å². The highest BCUT2D eigenvalue weighted by Gasteiger charge is 2.31. The van der Waals surface area contributed by atoms with E-state index in [1.165, 1.54) is 0 Å². The highest BCUT2D eigenvalue weighted by Crippen LogP contribution is 2.47. The molecular formula is C26H22N2O6S. The lowest BCUT2D eigenvalue weighted by atomic mass is 10.1. The van der Waals surface area contributed by atoms with Crippen molar-refractivity contribution in [2.45, 2.75) is 16.6 Å². The minimum atomic E-state index is -0.295. The van der Waals surface area contributed by atoms with Crippen molar-refractivity contribution in [3.05, 3.63) is 66.2 Å². The van der Waals surface area contributed by atoms with Crippen molar-refractivity contribution < 1.29 is 28.5 Å². The molecule has 1 unspecified atom stereocenters. The fourth-order valence-corrected chi connectivity index (χ4v) is 5.59. The summed E-state index contributed by atoms with van der Waals surface area (Å²) < 4.78 is 22.1. The quantitative estimate of drug-likeness (QED) is 0.580. The smallest absolute Gasteiger partial charge is 0.244 e. The van der Waals surface area contributed by atoms with Gasteiger partial charge in [0.15, 0.2) is 23.0 Å². The molecule has 3 aromatic rings. The zero-order valence-electron chi connectivity index (χ0n) is 18.7. The fraction of sp³-hybridized carbons (Fsp3) is 0.231. The third-order valence-corrected chi connectivity index (χ3v) is 7.30. The molecular weight excluding hydrogens is 468 g/mol. The number of para-hydroxylation sites is 1. The Morgan fingerprint density at radius 1 is 0.914 bits per heavy atom. The summed E-state index contributed by atoms with van der Waals surface area (Å²) in [7, 11) is 0. The van der Waals surface area contributed by atoms with Gasteiger partial charge < -0.3 is 29.2 Å². The van der Waals surface area contributed by atoms with Crippen LogP contribution >= 0.6 is 11.8 Å². The number of fused-ring (bicyclic) bond motifs is 3. The molecule has 0 aliphatic carbocycles. The van der Waals surface area contributed by atoms with E-state index in [4.69, 9.17) is 18.9 Å². The molecule has 6 rings (SSSR count). The SMILES string of the molecule is O=C(CN1C(=O)CC(c2ccc3c(c2)OCO3)Sc2ccccc21)Nc1ccc2c(c1)OCCO2. The predicted octanol–water partition coefficient (Wildman–Crippen LogP) is 4.40. The second-order valence-electron chi connectivity index (χ2n) is 8.28. The van der Waals surface area contributed by atoms with Crippen LogP contribution in [-0.4, -0.2) is 38.4 Å². The number of nitrogens with one attached hydrogen (secondary N) is 1. The number of hydrogen-bond acceptors (Lipinski definition) is 7. The lowest BCUT2D eigenvalue weighted by Crippen LogP contribution is -2.38. The Bertz CT molecular complexity index is 1310. The van der Waals surface area contributed by atoms with E-state index < -0.39 is 0 Å². The van der Waals surface area contributed by atoms with Gasteiger partial charge in [-0.1, -0.05) is 18.2 Å². The lowest BCUT2D eigenvalue weighted by molar-refractivity contribution is -0.121. The van der Waals surface area contributed by atoms with Crippen LogP contribution in [0.1, 0.15) is 17.2 Å². The number of thioether (sulfide) groups is 1. The van der Waals surface area contributed by atoms with E-state index in [-0.39, 0.29) is 36.8 Å². The predicted molar refractivity (Wildman–Crippen MR) is 131 cm³/mol. The minimum Gasteiger partial charge on any atom is -0.486 e. The van der Waals surface area contributed by atoms with Gasteiger partial charge in [0.1, 0.15) is 19.8 Å². The van der Waals surface area contributed by atoms with Crippen LogP contribution in [-0.2, 0) is 9.59 Å². The van der Waals surface area contributed by atoms with Gasteiger partial charge in [-0.25, -0.2) is 0 Å². The Labute approximate surface area is 206 Å². The lowest BCUT2D eigenvalue weighted by Gasteiger charge is -2.22. The number of carbonyl (C=O) groups is 2. The summed E-state index contributed by atoms with van der Waals surface area (Å²) in [5, 5.41) is 2.76. The number of ether oxygens (including phenoxy) is 4. The Morgan fingerprint density at radius 3 is 2.57 bits per heavy atom. The van der Waals surface area contributed by atoms with E-state index >= 15 is 0 Å². The minimum absolute atomic E-state index is 0.0985. The largest absolute Gasteiger partial charge is 0.486 e. The molecule has 3 aromatic carbocycles. The van der Waals surface area contributed by atoms with Gasteiger partial charge in [-0.3, -0.25) is 9.59 Å². The van der Waals surface area contributed by atoms with Gasteiger partial charge in [-0.05, 0) is 42.0 Å². The number of carbonyl (C=O) groups excluding carboxylic acids is 2.